The van der Waals surface area contributed by atoms with Crippen molar-refractivity contribution in [2.75, 3.05) is 7.11 Å². The van der Waals surface area contributed by atoms with Crippen molar-refractivity contribution >= 4 is 31.9 Å². The minimum atomic E-state index is -0.918. The van der Waals surface area contributed by atoms with Crippen molar-refractivity contribution in [2.24, 2.45) is 5.73 Å². The van der Waals surface area contributed by atoms with E-state index in [4.69, 9.17) is 10.5 Å². The molecule has 2 aromatic rings. The lowest BCUT2D eigenvalue weighted by Gasteiger charge is -2.15. The van der Waals surface area contributed by atoms with Crippen LogP contribution in [0.3, 0.4) is 0 Å². The third-order valence-electron chi connectivity index (χ3n) is 3.14. The summed E-state index contributed by atoms with van der Waals surface area (Å²) in [6.07, 6.45) is 0.492. The predicted octanol–water partition coefficient (Wildman–Crippen LogP) is 4.74. The van der Waals surface area contributed by atoms with Crippen molar-refractivity contribution in [3.05, 3.63) is 62.0 Å². The van der Waals surface area contributed by atoms with Crippen LogP contribution in [0.1, 0.15) is 17.2 Å². The Labute approximate surface area is 138 Å². The topological polar surface area (TPSA) is 35.2 Å². The van der Waals surface area contributed by atoms with Gasteiger partial charge in [0, 0.05) is 6.04 Å². The molecular weight excluding hydrogens is 408 g/mol. The average molecular weight is 421 g/mol. The summed E-state index contributed by atoms with van der Waals surface area (Å²) < 4.78 is 32.7. The van der Waals surface area contributed by atoms with E-state index in [0.717, 1.165) is 21.9 Å². The van der Waals surface area contributed by atoms with Crippen molar-refractivity contribution < 1.29 is 13.5 Å². The van der Waals surface area contributed by atoms with Gasteiger partial charge in [0.2, 0.25) is 0 Å². The summed E-state index contributed by atoms with van der Waals surface area (Å²) in [7, 11) is 1.59. The third kappa shape index (κ3) is 3.62. The summed E-state index contributed by atoms with van der Waals surface area (Å²) in [5, 5.41) is 0. The van der Waals surface area contributed by atoms with Crippen molar-refractivity contribution in [3.63, 3.8) is 0 Å². The summed E-state index contributed by atoms with van der Waals surface area (Å²) in [6.45, 7) is 0. The highest BCUT2D eigenvalue weighted by atomic mass is 79.9. The van der Waals surface area contributed by atoms with Gasteiger partial charge in [-0.1, -0.05) is 12.1 Å². The zero-order chi connectivity index (χ0) is 15.6. The quantitative estimate of drug-likeness (QED) is 0.725. The fourth-order valence-corrected chi connectivity index (χ4v) is 3.23. The number of ether oxygens (including phenoxy) is 1. The summed E-state index contributed by atoms with van der Waals surface area (Å²) in [6, 6.07) is 7.73. The van der Waals surface area contributed by atoms with Gasteiger partial charge in [0.1, 0.15) is 5.75 Å². The lowest BCUT2D eigenvalue weighted by atomic mass is 9.99. The molecule has 2 aromatic carbocycles. The van der Waals surface area contributed by atoms with Crippen LogP contribution in [-0.4, -0.2) is 7.11 Å². The van der Waals surface area contributed by atoms with Crippen molar-refractivity contribution in [3.8, 4) is 5.75 Å². The van der Waals surface area contributed by atoms with Crippen LogP contribution >= 0.6 is 31.9 Å². The van der Waals surface area contributed by atoms with Gasteiger partial charge < -0.3 is 10.5 Å². The molecule has 0 radical (unpaired) electrons. The lowest BCUT2D eigenvalue weighted by molar-refractivity contribution is 0.412. The first kappa shape index (κ1) is 16.4. The summed E-state index contributed by atoms with van der Waals surface area (Å²) in [5.74, 6) is -1.09. The molecule has 0 aromatic heterocycles. The zero-order valence-electron chi connectivity index (χ0n) is 11.2. The molecule has 21 heavy (non-hydrogen) atoms. The highest BCUT2D eigenvalue weighted by Crippen LogP contribution is 2.31. The SMILES string of the molecule is COc1ccc(CC(N)c2ccc(F)c(F)c2Br)cc1Br. The van der Waals surface area contributed by atoms with Gasteiger partial charge in [0.15, 0.2) is 11.6 Å². The van der Waals surface area contributed by atoms with Crippen molar-refractivity contribution in [1.82, 2.24) is 0 Å². The van der Waals surface area contributed by atoms with Gasteiger partial charge in [0.05, 0.1) is 16.1 Å². The first-order chi connectivity index (χ1) is 9.93. The Bertz CT molecular complexity index is 664. The Balaban J connectivity index is 2.24. The number of rotatable bonds is 4. The van der Waals surface area contributed by atoms with Gasteiger partial charge in [-0.05, 0) is 67.6 Å². The molecule has 112 valence electrons. The monoisotopic (exact) mass is 419 g/mol. The van der Waals surface area contributed by atoms with Gasteiger partial charge in [-0.3, -0.25) is 0 Å². The van der Waals surface area contributed by atoms with E-state index in [1.807, 2.05) is 18.2 Å². The van der Waals surface area contributed by atoms with Crippen LogP contribution in [0.4, 0.5) is 8.78 Å². The van der Waals surface area contributed by atoms with E-state index >= 15 is 0 Å². The molecular formula is C15H13Br2F2NO. The van der Waals surface area contributed by atoms with Crippen molar-refractivity contribution in [1.29, 1.82) is 0 Å². The number of hydrogen-bond donors (Lipinski definition) is 1. The number of benzene rings is 2. The average Bonchev–Trinajstić information content (AvgIpc) is 2.45. The van der Waals surface area contributed by atoms with Crippen LogP contribution < -0.4 is 10.5 Å². The number of nitrogens with two attached hydrogens (primary N) is 1. The molecule has 6 heteroatoms. The molecule has 0 bridgehead atoms. The van der Waals surface area contributed by atoms with Crippen molar-refractivity contribution in [2.45, 2.75) is 12.5 Å². The van der Waals surface area contributed by atoms with Crippen LogP contribution in [0.25, 0.3) is 0 Å². The molecule has 0 heterocycles. The second kappa shape index (κ2) is 6.85. The van der Waals surface area contributed by atoms with Crippen LogP contribution in [-0.2, 0) is 6.42 Å². The molecule has 0 aliphatic rings. The Kier molecular flexibility index (Phi) is 5.35. The summed E-state index contributed by atoms with van der Waals surface area (Å²) in [5.41, 5.74) is 7.59. The minimum absolute atomic E-state index is 0.0718. The van der Waals surface area contributed by atoms with Crippen LogP contribution in [0.15, 0.2) is 39.3 Å². The van der Waals surface area contributed by atoms with E-state index < -0.39 is 17.7 Å². The van der Waals surface area contributed by atoms with Gasteiger partial charge in [-0.15, -0.1) is 0 Å². The number of methoxy groups -OCH3 is 1. The van der Waals surface area contributed by atoms with Crippen LogP contribution in [0, 0.1) is 11.6 Å². The zero-order valence-corrected chi connectivity index (χ0v) is 14.3. The molecule has 2 rings (SSSR count). The molecule has 0 spiro atoms. The van der Waals surface area contributed by atoms with Gasteiger partial charge >= 0.3 is 0 Å². The lowest BCUT2D eigenvalue weighted by Crippen LogP contribution is -2.15. The van der Waals surface area contributed by atoms with E-state index in [1.54, 1.807) is 7.11 Å². The van der Waals surface area contributed by atoms with E-state index in [9.17, 15) is 8.78 Å². The molecule has 1 unspecified atom stereocenters. The number of halogens is 4. The standard InChI is InChI=1S/C15H13Br2F2NO/c1-21-13-5-2-8(6-10(13)16)7-12(20)9-3-4-11(18)15(19)14(9)17/h2-6,12H,7,20H2,1H3. The summed E-state index contributed by atoms with van der Waals surface area (Å²) >= 11 is 6.46. The molecule has 0 fully saturated rings. The first-order valence-corrected chi connectivity index (χ1v) is 7.74. The number of hydrogen-bond acceptors (Lipinski definition) is 2. The fraction of sp³-hybridized carbons (Fsp3) is 0.200. The summed E-state index contributed by atoms with van der Waals surface area (Å²) in [4.78, 5) is 0. The third-order valence-corrected chi connectivity index (χ3v) is 4.56. The highest BCUT2D eigenvalue weighted by molar-refractivity contribution is 9.10. The van der Waals surface area contributed by atoms with E-state index in [-0.39, 0.29) is 4.47 Å². The molecule has 0 aliphatic heterocycles. The molecule has 1 atom stereocenters. The first-order valence-electron chi connectivity index (χ1n) is 6.15. The molecule has 0 saturated heterocycles. The maximum atomic E-state index is 13.6. The molecule has 0 aliphatic carbocycles. The van der Waals surface area contributed by atoms with Crippen LogP contribution in [0.2, 0.25) is 0 Å². The predicted molar refractivity (Wildman–Crippen MR) is 85.4 cm³/mol. The second-order valence-corrected chi connectivity index (χ2v) is 6.19. The van der Waals surface area contributed by atoms with Crippen LogP contribution in [0.5, 0.6) is 5.75 Å². The maximum Gasteiger partial charge on any atom is 0.173 e. The Hall–Kier alpha value is -0.980. The fourth-order valence-electron chi connectivity index (χ4n) is 2.03. The molecule has 0 saturated carbocycles. The van der Waals surface area contributed by atoms with Gasteiger partial charge in [0.25, 0.3) is 0 Å². The van der Waals surface area contributed by atoms with E-state index in [1.165, 1.54) is 6.07 Å². The Morgan fingerprint density at radius 1 is 1.19 bits per heavy atom. The molecule has 0 amide bonds. The van der Waals surface area contributed by atoms with Gasteiger partial charge in [-0.2, -0.15) is 0 Å². The largest absolute Gasteiger partial charge is 0.496 e. The molecule has 2 N–H and O–H groups in total. The minimum Gasteiger partial charge on any atom is -0.496 e. The Morgan fingerprint density at radius 2 is 1.90 bits per heavy atom. The normalized spacial score (nSPS) is 12.3. The van der Waals surface area contributed by atoms with E-state index in [0.29, 0.717) is 12.0 Å². The highest BCUT2D eigenvalue weighted by Gasteiger charge is 2.17. The second-order valence-electron chi connectivity index (χ2n) is 4.54. The smallest absolute Gasteiger partial charge is 0.173 e. The maximum absolute atomic E-state index is 13.6. The Morgan fingerprint density at radius 3 is 2.52 bits per heavy atom. The van der Waals surface area contributed by atoms with Gasteiger partial charge in [-0.25, -0.2) is 8.78 Å². The van der Waals surface area contributed by atoms with E-state index in [2.05, 4.69) is 31.9 Å². The molecule has 2 nitrogen and oxygen atoms in total.